The van der Waals surface area contributed by atoms with Crippen LogP contribution in [-0.4, -0.2) is 34.5 Å². The Morgan fingerprint density at radius 2 is 2.07 bits per heavy atom. The molecule has 0 heterocycles. The van der Waals surface area contributed by atoms with Gasteiger partial charge in [0.15, 0.2) is 5.78 Å². The van der Waals surface area contributed by atoms with Crippen LogP contribution >= 0.6 is 0 Å². The van der Waals surface area contributed by atoms with E-state index in [-0.39, 0.29) is 29.6 Å². The Morgan fingerprint density at radius 1 is 1.30 bits per heavy atom. The molecule has 2 unspecified atom stereocenters. The van der Waals surface area contributed by atoms with Crippen molar-refractivity contribution in [3.8, 4) is 0 Å². The van der Waals surface area contributed by atoms with Crippen LogP contribution in [0.1, 0.15) is 64.7 Å². The van der Waals surface area contributed by atoms with Crippen molar-refractivity contribution in [2.45, 2.75) is 70.8 Å². The summed E-state index contributed by atoms with van der Waals surface area (Å²) in [6.45, 7) is 5.31. The number of rotatable bonds is 14. The summed E-state index contributed by atoms with van der Waals surface area (Å²) in [6.07, 6.45) is 16.8. The summed E-state index contributed by atoms with van der Waals surface area (Å²) in [6, 6.07) is 0. The molecule has 0 aliphatic heterocycles. The van der Waals surface area contributed by atoms with Crippen LogP contribution in [0.5, 0.6) is 0 Å². The first kappa shape index (κ1) is 23.5. The molecule has 4 nitrogen and oxygen atoms in total. The molecule has 1 saturated carbocycles. The molecule has 152 valence electrons. The van der Waals surface area contributed by atoms with Crippen LogP contribution in [0.2, 0.25) is 0 Å². The van der Waals surface area contributed by atoms with Gasteiger partial charge in [-0.2, -0.15) is 0 Å². The number of carbonyl (C=O) groups excluding carboxylic acids is 2. The fourth-order valence-electron chi connectivity index (χ4n) is 3.60. The summed E-state index contributed by atoms with van der Waals surface area (Å²) in [5.41, 5.74) is 0. The van der Waals surface area contributed by atoms with Crippen molar-refractivity contribution < 1.29 is 19.8 Å². The maximum atomic E-state index is 12.2. The van der Waals surface area contributed by atoms with Gasteiger partial charge in [-0.1, -0.05) is 50.1 Å². The number of Topliss-reactive ketones (excluding diaryl/α,β-unsaturated/α-hetero) is 2. The van der Waals surface area contributed by atoms with E-state index in [4.69, 9.17) is 5.11 Å². The Hall–Kier alpha value is -1.52. The van der Waals surface area contributed by atoms with Gasteiger partial charge in [0.05, 0.1) is 6.10 Å². The first-order valence-electron chi connectivity index (χ1n) is 10.3. The Bertz CT molecular complexity index is 520. The van der Waals surface area contributed by atoms with Crippen molar-refractivity contribution in [3.05, 3.63) is 37.0 Å². The minimum Gasteiger partial charge on any atom is -0.393 e. The second-order valence-electron chi connectivity index (χ2n) is 7.49. The highest BCUT2D eigenvalue weighted by atomic mass is 16.3. The number of aliphatic hydroxyl groups is 2. The van der Waals surface area contributed by atoms with Crippen LogP contribution in [-0.2, 0) is 9.59 Å². The van der Waals surface area contributed by atoms with E-state index in [1.165, 1.54) is 0 Å². The minimum absolute atomic E-state index is 0.0274. The number of allylic oxidation sites excluding steroid dienone is 4. The zero-order chi connectivity index (χ0) is 20.1. The van der Waals surface area contributed by atoms with E-state index < -0.39 is 6.61 Å². The average Bonchev–Trinajstić information content (AvgIpc) is 3.02. The monoisotopic (exact) mass is 376 g/mol. The molecule has 0 amide bonds. The Morgan fingerprint density at radius 3 is 2.74 bits per heavy atom. The van der Waals surface area contributed by atoms with Crippen molar-refractivity contribution in [2.75, 3.05) is 6.61 Å². The normalized spacial score (nSPS) is 22.6. The SMILES string of the molecule is C=CC(CCC=CC[C@H]1C(=O)CC[C@@H]1C=CCC(O)CCCC)C(=O)CO. The van der Waals surface area contributed by atoms with Crippen LogP contribution in [0.4, 0.5) is 0 Å². The molecule has 1 aliphatic rings. The zero-order valence-electron chi connectivity index (χ0n) is 16.7. The van der Waals surface area contributed by atoms with Gasteiger partial charge in [-0.15, -0.1) is 6.58 Å². The summed E-state index contributed by atoms with van der Waals surface area (Å²) in [4.78, 5) is 23.7. The molecule has 0 saturated heterocycles. The van der Waals surface area contributed by atoms with E-state index >= 15 is 0 Å². The number of aliphatic hydroxyl groups excluding tert-OH is 2. The Labute approximate surface area is 164 Å². The zero-order valence-corrected chi connectivity index (χ0v) is 16.7. The predicted octanol–water partition coefficient (Wildman–Crippen LogP) is 4.17. The van der Waals surface area contributed by atoms with E-state index in [1.54, 1.807) is 6.08 Å². The second kappa shape index (κ2) is 13.6. The molecule has 2 N–H and O–H groups in total. The third-order valence-electron chi connectivity index (χ3n) is 5.39. The molecule has 27 heavy (non-hydrogen) atoms. The van der Waals surface area contributed by atoms with Crippen LogP contribution in [0, 0.1) is 17.8 Å². The summed E-state index contributed by atoms with van der Waals surface area (Å²) in [5, 5.41) is 18.8. The number of unbranched alkanes of at least 4 members (excludes halogenated alkanes) is 1. The number of ketones is 2. The standard InChI is InChI=1S/C23H36O4/c1-3-5-12-20(25)13-9-11-19-15-16-22(26)21(19)14-8-6-7-10-18(4-2)23(27)17-24/h4,6,8-9,11,18-21,24-25H,2-3,5,7,10,12-17H2,1H3/t18?,19-,20?,21+/m0/s1. The molecular weight excluding hydrogens is 340 g/mol. The van der Waals surface area contributed by atoms with E-state index in [1.807, 2.05) is 18.2 Å². The lowest BCUT2D eigenvalue weighted by molar-refractivity contribution is -0.124. The molecule has 1 rings (SSSR count). The van der Waals surface area contributed by atoms with Gasteiger partial charge in [-0.25, -0.2) is 0 Å². The smallest absolute Gasteiger partial charge is 0.164 e. The summed E-state index contributed by atoms with van der Waals surface area (Å²) in [7, 11) is 0. The summed E-state index contributed by atoms with van der Waals surface area (Å²) >= 11 is 0. The van der Waals surface area contributed by atoms with Crippen LogP contribution in [0.25, 0.3) is 0 Å². The van der Waals surface area contributed by atoms with E-state index in [2.05, 4.69) is 19.6 Å². The van der Waals surface area contributed by atoms with Crippen molar-refractivity contribution in [1.82, 2.24) is 0 Å². The van der Waals surface area contributed by atoms with Gasteiger partial charge in [0.25, 0.3) is 0 Å². The highest BCUT2D eigenvalue weighted by Crippen LogP contribution is 2.33. The summed E-state index contributed by atoms with van der Waals surface area (Å²) < 4.78 is 0. The molecule has 0 aromatic heterocycles. The molecule has 4 atom stereocenters. The van der Waals surface area contributed by atoms with Gasteiger partial charge in [0, 0.05) is 18.3 Å². The molecule has 0 radical (unpaired) electrons. The molecule has 0 aromatic rings. The Kier molecular flexibility index (Phi) is 11.9. The molecule has 1 aliphatic carbocycles. The van der Waals surface area contributed by atoms with Gasteiger partial charge < -0.3 is 10.2 Å². The van der Waals surface area contributed by atoms with Crippen LogP contribution in [0.3, 0.4) is 0 Å². The van der Waals surface area contributed by atoms with Crippen LogP contribution < -0.4 is 0 Å². The van der Waals surface area contributed by atoms with Crippen LogP contribution in [0.15, 0.2) is 37.0 Å². The lowest BCUT2D eigenvalue weighted by atomic mass is 9.91. The molecule has 0 spiro atoms. The molecule has 1 fully saturated rings. The molecule has 4 heteroatoms. The third-order valence-corrected chi connectivity index (χ3v) is 5.39. The molecular formula is C23H36O4. The Balaban J connectivity index is 2.41. The van der Waals surface area contributed by atoms with Gasteiger partial charge in [0.1, 0.15) is 12.4 Å². The average molecular weight is 377 g/mol. The topological polar surface area (TPSA) is 74.6 Å². The second-order valence-corrected chi connectivity index (χ2v) is 7.49. The quantitative estimate of drug-likeness (QED) is 0.446. The lowest BCUT2D eigenvalue weighted by Crippen LogP contribution is -2.15. The van der Waals surface area contributed by atoms with E-state index in [9.17, 15) is 14.7 Å². The highest BCUT2D eigenvalue weighted by Gasteiger charge is 2.31. The fraction of sp³-hybridized carbons (Fsp3) is 0.652. The third kappa shape index (κ3) is 8.81. The van der Waals surface area contributed by atoms with Gasteiger partial charge >= 0.3 is 0 Å². The van der Waals surface area contributed by atoms with E-state index in [0.717, 1.165) is 38.5 Å². The van der Waals surface area contributed by atoms with Crippen molar-refractivity contribution in [1.29, 1.82) is 0 Å². The van der Waals surface area contributed by atoms with Crippen molar-refractivity contribution >= 4 is 11.6 Å². The van der Waals surface area contributed by atoms with Crippen molar-refractivity contribution in [2.24, 2.45) is 17.8 Å². The number of carbonyl (C=O) groups is 2. The first-order valence-corrected chi connectivity index (χ1v) is 10.3. The predicted molar refractivity (Wildman–Crippen MR) is 109 cm³/mol. The van der Waals surface area contributed by atoms with Crippen molar-refractivity contribution in [3.63, 3.8) is 0 Å². The van der Waals surface area contributed by atoms with Gasteiger partial charge in [0.2, 0.25) is 0 Å². The summed E-state index contributed by atoms with van der Waals surface area (Å²) in [5.74, 6) is 0.107. The number of hydrogen-bond acceptors (Lipinski definition) is 4. The molecule has 0 bridgehead atoms. The first-order chi connectivity index (χ1) is 13.0. The molecule has 0 aromatic carbocycles. The van der Waals surface area contributed by atoms with Gasteiger partial charge in [-0.05, 0) is 44.4 Å². The lowest BCUT2D eigenvalue weighted by Gasteiger charge is -2.13. The fourth-order valence-corrected chi connectivity index (χ4v) is 3.60. The maximum Gasteiger partial charge on any atom is 0.164 e. The highest BCUT2D eigenvalue weighted by molar-refractivity contribution is 5.84. The maximum absolute atomic E-state index is 12.2. The van der Waals surface area contributed by atoms with E-state index in [0.29, 0.717) is 25.0 Å². The van der Waals surface area contributed by atoms with Gasteiger partial charge in [-0.3, -0.25) is 9.59 Å². The largest absolute Gasteiger partial charge is 0.393 e. The number of hydrogen-bond donors (Lipinski definition) is 2. The minimum atomic E-state index is -0.446.